The van der Waals surface area contributed by atoms with Crippen LogP contribution in [0.5, 0.6) is 0 Å². The summed E-state index contributed by atoms with van der Waals surface area (Å²) in [4.78, 5) is 6.33. The Kier molecular flexibility index (Phi) is 5.55. The Bertz CT molecular complexity index is 1070. The molecule has 3 aromatic rings. The van der Waals surface area contributed by atoms with E-state index in [0.717, 1.165) is 5.56 Å². The highest BCUT2D eigenvalue weighted by atomic mass is 32.2. The smallest absolute Gasteiger partial charge is 0.241 e. The monoisotopic (exact) mass is 387 g/mol. The molecule has 0 spiro atoms. The number of nitrogens with one attached hydrogen (secondary N) is 1. The average molecular weight is 387 g/mol. The van der Waals surface area contributed by atoms with E-state index in [1.807, 2.05) is 25.9 Å². The summed E-state index contributed by atoms with van der Waals surface area (Å²) >= 11 is 0. The number of halogens is 1. The second-order valence-electron chi connectivity index (χ2n) is 6.67. The van der Waals surface area contributed by atoms with Crippen molar-refractivity contribution in [2.24, 2.45) is 0 Å². The van der Waals surface area contributed by atoms with Gasteiger partial charge in [0.05, 0.1) is 10.4 Å². The first kappa shape index (κ1) is 19.4. The Morgan fingerprint density at radius 2 is 1.93 bits per heavy atom. The summed E-state index contributed by atoms with van der Waals surface area (Å²) in [7, 11) is -0.104. The average Bonchev–Trinajstić information content (AvgIpc) is 2.62. The summed E-state index contributed by atoms with van der Waals surface area (Å²) in [6.07, 6.45) is 1.64. The molecule has 0 bridgehead atoms. The van der Waals surface area contributed by atoms with Gasteiger partial charge in [-0.1, -0.05) is 18.2 Å². The number of pyridine rings is 1. The minimum atomic E-state index is -3.76. The van der Waals surface area contributed by atoms with Gasteiger partial charge in [0.1, 0.15) is 5.82 Å². The van der Waals surface area contributed by atoms with Crippen molar-refractivity contribution in [3.05, 3.63) is 71.7 Å². The molecule has 0 saturated carbocycles. The lowest BCUT2D eigenvalue weighted by atomic mass is 10.1. The van der Waals surface area contributed by atoms with E-state index in [2.05, 4.69) is 9.71 Å². The topological polar surface area (TPSA) is 62.3 Å². The van der Waals surface area contributed by atoms with Gasteiger partial charge in [-0.25, -0.2) is 17.5 Å². The van der Waals surface area contributed by atoms with Crippen LogP contribution in [-0.2, 0) is 10.0 Å². The van der Waals surface area contributed by atoms with E-state index in [-0.39, 0.29) is 23.3 Å². The summed E-state index contributed by atoms with van der Waals surface area (Å²) in [5.74, 6) is -0.349. The van der Waals surface area contributed by atoms with Crippen molar-refractivity contribution < 1.29 is 12.8 Å². The van der Waals surface area contributed by atoms with Gasteiger partial charge < -0.3 is 4.90 Å². The Morgan fingerprint density at radius 3 is 2.63 bits per heavy atom. The molecule has 2 aromatic carbocycles. The lowest BCUT2D eigenvalue weighted by molar-refractivity contribution is 0.299. The van der Waals surface area contributed by atoms with Crippen molar-refractivity contribution in [1.29, 1.82) is 0 Å². The molecule has 1 atom stereocenters. The highest BCUT2D eigenvalue weighted by molar-refractivity contribution is 7.89. The third kappa shape index (κ3) is 4.16. The lowest BCUT2D eigenvalue weighted by Crippen LogP contribution is -2.34. The maximum atomic E-state index is 13.6. The van der Waals surface area contributed by atoms with Crippen molar-refractivity contribution in [3.8, 4) is 0 Å². The highest BCUT2D eigenvalue weighted by Crippen LogP contribution is 2.25. The molecule has 27 heavy (non-hydrogen) atoms. The third-order valence-corrected chi connectivity index (χ3v) is 6.03. The van der Waals surface area contributed by atoms with Crippen molar-refractivity contribution in [2.45, 2.75) is 17.9 Å². The van der Waals surface area contributed by atoms with Crippen molar-refractivity contribution >= 4 is 20.9 Å². The SMILES string of the molecule is Cc1ccc(S(=O)(=O)NCC(c2cccc(F)c2)N(C)C)c2cccnc12. The quantitative estimate of drug-likeness (QED) is 0.705. The summed E-state index contributed by atoms with van der Waals surface area (Å²) in [5, 5.41) is 0.581. The number of aromatic nitrogens is 1. The van der Waals surface area contributed by atoms with Crippen LogP contribution in [-0.4, -0.2) is 38.9 Å². The molecule has 0 aliphatic rings. The first-order valence-corrected chi connectivity index (χ1v) is 10.0. The molecular formula is C20H22FN3O2S. The Morgan fingerprint density at radius 1 is 1.15 bits per heavy atom. The molecule has 1 heterocycles. The Balaban J connectivity index is 1.92. The fraction of sp³-hybridized carbons (Fsp3) is 0.250. The normalized spacial score (nSPS) is 13.2. The molecule has 5 nitrogen and oxygen atoms in total. The van der Waals surface area contributed by atoms with Gasteiger partial charge in [-0.3, -0.25) is 4.98 Å². The minimum Gasteiger partial charge on any atom is -0.301 e. The van der Waals surface area contributed by atoms with Gasteiger partial charge in [0, 0.05) is 24.2 Å². The predicted molar refractivity (Wildman–Crippen MR) is 104 cm³/mol. The summed E-state index contributed by atoms with van der Waals surface area (Å²) in [6, 6.07) is 12.7. The zero-order chi connectivity index (χ0) is 19.6. The zero-order valence-electron chi connectivity index (χ0n) is 15.5. The molecule has 1 unspecified atom stereocenters. The Labute approximate surface area is 158 Å². The van der Waals surface area contributed by atoms with Gasteiger partial charge >= 0.3 is 0 Å². The van der Waals surface area contributed by atoms with Gasteiger partial charge in [0.2, 0.25) is 10.0 Å². The standard InChI is InChI=1S/C20H22FN3O2S/c1-14-9-10-19(17-8-5-11-22-20(14)17)27(25,26)23-13-18(24(2)3)15-6-4-7-16(21)12-15/h4-12,18,23H,13H2,1-3H3. The number of nitrogens with zero attached hydrogens (tertiary/aromatic N) is 2. The molecular weight excluding hydrogens is 365 g/mol. The maximum absolute atomic E-state index is 13.6. The fourth-order valence-electron chi connectivity index (χ4n) is 3.10. The van der Waals surface area contributed by atoms with Crippen LogP contribution in [0.15, 0.2) is 59.6 Å². The molecule has 0 aliphatic heterocycles. The molecule has 1 N–H and O–H groups in total. The van der Waals surface area contributed by atoms with Crippen LogP contribution in [0, 0.1) is 12.7 Å². The van der Waals surface area contributed by atoms with E-state index >= 15 is 0 Å². The van der Waals surface area contributed by atoms with Crippen molar-refractivity contribution in [3.63, 3.8) is 0 Å². The van der Waals surface area contributed by atoms with Crippen LogP contribution in [0.2, 0.25) is 0 Å². The molecule has 0 saturated heterocycles. The number of fused-ring (bicyclic) bond motifs is 1. The number of aryl methyl sites for hydroxylation is 1. The molecule has 0 radical (unpaired) electrons. The highest BCUT2D eigenvalue weighted by Gasteiger charge is 2.22. The lowest BCUT2D eigenvalue weighted by Gasteiger charge is -2.25. The van der Waals surface area contributed by atoms with Crippen LogP contribution >= 0.6 is 0 Å². The number of likely N-dealkylation sites (N-methyl/N-ethyl adjacent to an activating group) is 1. The van der Waals surface area contributed by atoms with Crippen LogP contribution in [0.1, 0.15) is 17.2 Å². The summed E-state index contributed by atoms with van der Waals surface area (Å²) in [5.41, 5.74) is 2.28. The predicted octanol–water partition coefficient (Wildman–Crippen LogP) is 3.26. The second kappa shape index (κ2) is 7.72. The molecule has 7 heteroatoms. The second-order valence-corrected chi connectivity index (χ2v) is 8.40. The van der Waals surface area contributed by atoms with Gasteiger partial charge in [0.15, 0.2) is 0 Å². The number of benzene rings is 2. The number of rotatable bonds is 6. The molecule has 142 valence electrons. The minimum absolute atomic E-state index is 0.119. The molecule has 1 aromatic heterocycles. The molecule has 0 aliphatic carbocycles. The van der Waals surface area contributed by atoms with Gasteiger partial charge in [-0.2, -0.15) is 0 Å². The zero-order valence-corrected chi connectivity index (χ0v) is 16.3. The number of hydrogen-bond acceptors (Lipinski definition) is 4. The van der Waals surface area contributed by atoms with E-state index in [4.69, 9.17) is 0 Å². The van der Waals surface area contributed by atoms with Crippen LogP contribution in [0.4, 0.5) is 4.39 Å². The van der Waals surface area contributed by atoms with Gasteiger partial charge in [-0.05, 0) is 62.5 Å². The van der Waals surface area contributed by atoms with Crippen LogP contribution < -0.4 is 4.72 Å². The first-order chi connectivity index (χ1) is 12.8. The van der Waals surface area contributed by atoms with E-state index in [1.165, 1.54) is 12.1 Å². The fourth-order valence-corrected chi connectivity index (χ4v) is 4.34. The summed E-state index contributed by atoms with van der Waals surface area (Å²) < 4.78 is 42.1. The van der Waals surface area contributed by atoms with E-state index in [0.29, 0.717) is 16.5 Å². The van der Waals surface area contributed by atoms with E-state index < -0.39 is 10.0 Å². The van der Waals surface area contributed by atoms with Crippen LogP contribution in [0.3, 0.4) is 0 Å². The van der Waals surface area contributed by atoms with E-state index in [1.54, 1.807) is 42.6 Å². The van der Waals surface area contributed by atoms with Crippen molar-refractivity contribution in [2.75, 3.05) is 20.6 Å². The Hall–Kier alpha value is -2.35. The number of sulfonamides is 1. The first-order valence-electron chi connectivity index (χ1n) is 8.55. The van der Waals surface area contributed by atoms with Crippen LogP contribution in [0.25, 0.3) is 10.9 Å². The number of hydrogen-bond donors (Lipinski definition) is 1. The largest absolute Gasteiger partial charge is 0.301 e. The van der Waals surface area contributed by atoms with E-state index in [9.17, 15) is 12.8 Å². The van der Waals surface area contributed by atoms with Gasteiger partial charge in [-0.15, -0.1) is 0 Å². The summed E-state index contributed by atoms with van der Waals surface area (Å²) in [6.45, 7) is 2.01. The third-order valence-electron chi connectivity index (χ3n) is 4.54. The van der Waals surface area contributed by atoms with Crippen molar-refractivity contribution in [1.82, 2.24) is 14.6 Å². The molecule has 3 rings (SSSR count). The molecule has 0 fully saturated rings. The molecule has 0 amide bonds. The van der Waals surface area contributed by atoms with Gasteiger partial charge in [0.25, 0.3) is 0 Å². The maximum Gasteiger partial charge on any atom is 0.241 e.